The lowest BCUT2D eigenvalue weighted by Crippen LogP contribution is -2.09. The smallest absolute Gasteiger partial charge is 0.224 e. The number of hydrogen-bond donors (Lipinski definition) is 3. The molecule has 0 saturated carbocycles. The Kier molecular flexibility index (Phi) is 5.22. The lowest BCUT2D eigenvalue weighted by Gasteiger charge is -2.06. The average Bonchev–Trinajstić information content (AvgIpc) is 3.52. The van der Waals surface area contributed by atoms with Gasteiger partial charge in [-0.25, -0.2) is 14.4 Å². The van der Waals surface area contributed by atoms with E-state index in [0.29, 0.717) is 29.1 Å². The molecule has 0 aliphatic carbocycles. The maximum atomic E-state index is 13.9. The van der Waals surface area contributed by atoms with Crippen molar-refractivity contribution in [3.63, 3.8) is 0 Å². The van der Waals surface area contributed by atoms with E-state index in [1.165, 1.54) is 12.1 Å². The first-order valence-electron chi connectivity index (χ1n) is 11.4. The standard InChI is InChI=1S/C27H20FN7O/c1-2-24(36)32-19-9-16(12-29-14-19)17-10-22-25(34-35-27(22)31-13-17)23-11-21-20(6-7-30-26(21)33-23)15-4-3-5-18(28)8-15/h3-14H,2H2,1H3,(H,30,33)(H,32,36)(H,31,34,35). The Morgan fingerprint density at radius 2 is 1.83 bits per heavy atom. The largest absolute Gasteiger partial charge is 0.338 e. The summed E-state index contributed by atoms with van der Waals surface area (Å²) in [6, 6.07) is 14.2. The van der Waals surface area contributed by atoms with E-state index in [0.717, 1.165) is 38.7 Å². The highest BCUT2D eigenvalue weighted by Gasteiger charge is 2.16. The Morgan fingerprint density at radius 1 is 0.944 bits per heavy atom. The normalized spacial score (nSPS) is 11.3. The zero-order chi connectivity index (χ0) is 24.6. The van der Waals surface area contributed by atoms with Crippen molar-refractivity contribution in [3.8, 4) is 33.6 Å². The van der Waals surface area contributed by atoms with Gasteiger partial charge in [-0.2, -0.15) is 5.10 Å². The van der Waals surface area contributed by atoms with Gasteiger partial charge in [0.2, 0.25) is 5.91 Å². The molecule has 5 aromatic heterocycles. The minimum absolute atomic E-state index is 0.0790. The number of benzene rings is 1. The molecule has 0 spiro atoms. The molecule has 1 aromatic carbocycles. The van der Waals surface area contributed by atoms with E-state index in [2.05, 4.69) is 35.5 Å². The number of nitrogens with one attached hydrogen (secondary N) is 3. The molecule has 1 amide bonds. The molecular weight excluding hydrogens is 457 g/mol. The van der Waals surface area contributed by atoms with Crippen molar-refractivity contribution in [3.05, 3.63) is 79.1 Å². The minimum atomic E-state index is -0.294. The minimum Gasteiger partial charge on any atom is -0.338 e. The summed E-state index contributed by atoms with van der Waals surface area (Å²) in [6.07, 6.45) is 7.16. The van der Waals surface area contributed by atoms with Crippen molar-refractivity contribution in [2.75, 3.05) is 5.32 Å². The third-order valence-corrected chi connectivity index (χ3v) is 6.02. The highest BCUT2D eigenvalue weighted by atomic mass is 19.1. The van der Waals surface area contributed by atoms with Crippen molar-refractivity contribution in [2.24, 2.45) is 0 Å². The van der Waals surface area contributed by atoms with E-state index in [4.69, 9.17) is 0 Å². The van der Waals surface area contributed by atoms with Gasteiger partial charge in [-0.15, -0.1) is 0 Å². The second kappa shape index (κ2) is 8.70. The van der Waals surface area contributed by atoms with Crippen LogP contribution in [0.3, 0.4) is 0 Å². The predicted octanol–water partition coefficient (Wildman–Crippen LogP) is 5.72. The molecule has 176 valence electrons. The molecule has 0 bridgehead atoms. The second-order valence-corrected chi connectivity index (χ2v) is 8.37. The van der Waals surface area contributed by atoms with Gasteiger partial charge >= 0.3 is 0 Å². The molecule has 3 N–H and O–H groups in total. The average molecular weight is 478 g/mol. The molecule has 0 saturated heterocycles. The quantitative estimate of drug-likeness (QED) is 0.294. The van der Waals surface area contributed by atoms with E-state index < -0.39 is 0 Å². The van der Waals surface area contributed by atoms with Crippen LogP contribution in [0.25, 0.3) is 55.7 Å². The van der Waals surface area contributed by atoms with Crippen LogP contribution in [-0.4, -0.2) is 36.0 Å². The molecule has 0 atom stereocenters. The molecule has 0 radical (unpaired) electrons. The van der Waals surface area contributed by atoms with E-state index in [-0.39, 0.29) is 11.7 Å². The first-order chi connectivity index (χ1) is 17.6. The summed E-state index contributed by atoms with van der Waals surface area (Å²) in [7, 11) is 0. The van der Waals surface area contributed by atoms with Crippen LogP contribution in [0.1, 0.15) is 13.3 Å². The fourth-order valence-electron chi connectivity index (χ4n) is 4.24. The molecule has 9 heteroatoms. The number of hydrogen-bond acceptors (Lipinski definition) is 5. The molecule has 0 aliphatic rings. The molecule has 0 aliphatic heterocycles. The van der Waals surface area contributed by atoms with E-state index >= 15 is 0 Å². The van der Waals surface area contributed by atoms with Crippen molar-refractivity contribution in [2.45, 2.75) is 13.3 Å². The SMILES string of the molecule is CCC(=O)Nc1cncc(-c2cnc3[nH]nc(-c4cc5c(-c6cccc(F)c6)ccnc5[nH]4)c3c2)c1. The molecule has 36 heavy (non-hydrogen) atoms. The van der Waals surface area contributed by atoms with E-state index in [1.54, 1.807) is 37.8 Å². The van der Waals surface area contributed by atoms with E-state index in [9.17, 15) is 9.18 Å². The molecule has 8 nitrogen and oxygen atoms in total. The summed E-state index contributed by atoms with van der Waals surface area (Å²) in [5.74, 6) is -0.373. The van der Waals surface area contributed by atoms with Crippen LogP contribution in [0.4, 0.5) is 10.1 Å². The topological polar surface area (TPSA) is 112 Å². The number of carbonyl (C=O) groups excluding carboxylic acids is 1. The van der Waals surface area contributed by atoms with Gasteiger partial charge in [-0.05, 0) is 47.5 Å². The Morgan fingerprint density at radius 3 is 2.69 bits per heavy atom. The number of fused-ring (bicyclic) bond motifs is 2. The fraction of sp³-hybridized carbons (Fsp3) is 0.0741. The zero-order valence-corrected chi connectivity index (χ0v) is 19.2. The first kappa shape index (κ1) is 21.6. The molecule has 6 rings (SSSR count). The predicted molar refractivity (Wildman–Crippen MR) is 137 cm³/mol. The van der Waals surface area contributed by atoms with Gasteiger partial charge in [0.1, 0.15) is 17.2 Å². The van der Waals surface area contributed by atoms with Crippen LogP contribution in [0.5, 0.6) is 0 Å². The number of carbonyl (C=O) groups is 1. The number of H-pyrrole nitrogens is 2. The molecular formula is C27H20FN7O. The maximum Gasteiger partial charge on any atom is 0.224 e. The van der Waals surface area contributed by atoms with Crippen LogP contribution < -0.4 is 5.32 Å². The molecule has 5 heterocycles. The number of nitrogens with zero attached hydrogens (tertiary/aromatic N) is 4. The van der Waals surface area contributed by atoms with Crippen LogP contribution in [0.2, 0.25) is 0 Å². The van der Waals surface area contributed by atoms with Crippen molar-refractivity contribution in [1.29, 1.82) is 0 Å². The maximum absolute atomic E-state index is 13.9. The molecule has 0 unspecified atom stereocenters. The number of halogens is 1. The van der Waals surface area contributed by atoms with Crippen LogP contribution in [0, 0.1) is 5.82 Å². The van der Waals surface area contributed by atoms with Crippen LogP contribution in [-0.2, 0) is 4.79 Å². The van der Waals surface area contributed by atoms with Gasteiger partial charge in [0, 0.05) is 46.9 Å². The van der Waals surface area contributed by atoms with Gasteiger partial charge in [0.05, 0.1) is 17.6 Å². The molecule has 6 aromatic rings. The van der Waals surface area contributed by atoms with Gasteiger partial charge in [-0.1, -0.05) is 19.1 Å². The Hall–Kier alpha value is -4.92. The number of rotatable bonds is 5. The summed E-state index contributed by atoms with van der Waals surface area (Å²) in [5, 5.41) is 12.0. The third-order valence-electron chi connectivity index (χ3n) is 6.02. The number of aromatic nitrogens is 6. The second-order valence-electron chi connectivity index (χ2n) is 8.37. The highest BCUT2D eigenvalue weighted by molar-refractivity contribution is 6.00. The van der Waals surface area contributed by atoms with Crippen LogP contribution in [0.15, 0.2) is 73.3 Å². The first-order valence-corrected chi connectivity index (χ1v) is 11.4. The van der Waals surface area contributed by atoms with Crippen molar-refractivity contribution in [1.82, 2.24) is 30.1 Å². The van der Waals surface area contributed by atoms with Gasteiger partial charge < -0.3 is 10.3 Å². The highest BCUT2D eigenvalue weighted by Crippen LogP contribution is 2.34. The Bertz CT molecular complexity index is 1750. The third kappa shape index (κ3) is 3.86. The number of anilines is 1. The summed E-state index contributed by atoms with van der Waals surface area (Å²) < 4.78 is 13.9. The summed E-state index contributed by atoms with van der Waals surface area (Å²) in [6.45, 7) is 1.80. The number of pyridine rings is 3. The summed E-state index contributed by atoms with van der Waals surface area (Å²) in [4.78, 5) is 28.4. The van der Waals surface area contributed by atoms with Crippen molar-refractivity contribution < 1.29 is 9.18 Å². The van der Waals surface area contributed by atoms with Crippen LogP contribution >= 0.6 is 0 Å². The Balaban J connectivity index is 1.43. The van der Waals surface area contributed by atoms with Gasteiger partial charge in [0.15, 0.2) is 5.65 Å². The summed E-state index contributed by atoms with van der Waals surface area (Å²) in [5.41, 5.74) is 6.67. The number of amides is 1. The molecule has 0 fully saturated rings. The van der Waals surface area contributed by atoms with Crippen molar-refractivity contribution >= 4 is 33.7 Å². The van der Waals surface area contributed by atoms with E-state index in [1.807, 2.05) is 30.3 Å². The number of aromatic amines is 2. The van der Waals surface area contributed by atoms with Gasteiger partial charge in [-0.3, -0.25) is 14.9 Å². The lowest BCUT2D eigenvalue weighted by molar-refractivity contribution is -0.115. The monoisotopic (exact) mass is 477 g/mol. The Labute approximate surface area is 204 Å². The lowest BCUT2D eigenvalue weighted by atomic mass is 10.0. The van der Waals surface area contributed by atoms with Gasteiger partial charge in [0.25, 0.3) is 0 Å². The fourth-order valence-corrected chi connectivity index (χ4v) is 4.24. The summed E-state index contributed by atoms with van der Waals surface area (Å²) >= 11 is 0. The zero-order valence-electron chi connectivity index (χ0n) is 19.2.